The number of amides is 3. The van der Waals surface area contributed by atoms with Crippen molar-refractivity contribution in [2.75, 3.05) is 11.9 Å². The third-order valence-corrected chi connectivity index (χ3v) is 6.29. The van der Waals surface area contributed by atoms with Crippen molar-refractivity contribution < 1.29 is 18.8 Å². The first-order chi connectivity index (χ1) is 14.5. The van der Waals surface area contributed by atoms with Crippen LogP contribution in [-0.4, -0.2) is 38.6 Å². The molecule has 1 saturated heterocycles. The summed E-state index contributed by atoms with van der Waals surface area (Å²) in [6, 6.07) is 5.82. The van der Waals surface area contributed by atoms with Gasteiger partial charge in [-0.05, 0) is 37.1 Å². The Morgan fingerprint density at radius 1 is 1.13 bits per heavy atom. The first-order valence-corrected chi connectivity index (χ1v) is 10.4. The number of nitrogens with zero attached hydrogens (tertiary/aromatic N) is 3. The average Bonchev–Trinajstić information content (AvgIpc) is 3.40. The number of hydrogen-bond donors (Lipinski definition) is 1. The minimum Gasteiger partial charge on any atom is -0.308 e. The molecule has 1 N–H and O–H groups in total. The van der Waals surface area contributed by atoms with Crippen LogP contribution >= 0.6 is 11.3 Å². The Balaban J connectivity index is 1.41. The molecular weight excluding hydrogens is 407 g/mol. The van der Waals surface area contributed by atoms with Gasteiger partial charge in [-0.3, -0.25) is 23.7 Å². The molecule has 3 amide bonds. The van der Waals surface area contributed by atoms with Crippen LogP contribution in [0.15, 0.2) is 48.0 Å². The van der Waals surface area contributed by atoms with Crippen molar-refractivity contribution in [2.45, 2.75) is 12.8 Å². The standard InChI is InChI=1S/C21H17FN4O3S/c22-13-7-5-12(6-8-13)17-18(25-9-10-30-21(25)24-17)23-16(27)11-26-19(28)14-3-1-2-4-15(14)20(26)29/h1-2,5-10,14-15H,3-4,11H2,(H,23,27)/t14-,15+. The molecular formula is C21H17FN4O3S. The zero-order valence-electron chi connectivity index (χ0n) is 15.7. The summed E-state index contributed by atoms with van der Waals surface area (Å²) in [5.74, 6) is -1.77. The van der Waals surface area contributed by atoms with Gasteiger partial charge in [0.2, 0.25) is 17.7 Å². The number of rotatable bonds is 4. The maximum Gasteiger partial charge on any atom is 0.245 e. The van der Waals surface area contributed by atoms with Gasteiger partial charge in [0.05, 0.1) is 11.8 Å². The van der Waals surface area contributed by atoms with Crippen molar-refractivity contribution in [3.8, 4) is 11.3 Å². The maximum absolute atomic E-state index is 13.3. The van der Waals surface area contributed by atoms with Crippen molar-refractivity contribution in [1.29, 1.82) is 0 Å². The number of anilines is 1. The highest BCUT2D eigenvalue weighted by atomic mass is 32.1. The molecule has 3 heterocycles. The highest BCUT2D eigenvalue weighted by molar-refractivity contribution is 7.15. The van der Waals surface area contributed by atoms with Crippen molar-refractivity contribution in [2.24, 2.45) is 11.8 Å². The SMILES string of the molecule is O=C(CN1C(=O)[C@H]2CC=CC[C@H]2C1=O)Nc1c(-c2ccc(F)cc2)nc2sccn12. The number of likely N-dealkylation sites (tertiary alicyclic amines) is 1. The highest BCUT2D eigenvalue weighted by Crippen LogP contribution is 2.35. The zero-order chi connectivity index (χ0) is 20.8. The van der Waals surface area contributed by atoms with Crippen LogP contribution in [0.1, 0.15) is 12.8 Å². The molecule has 0 spiro atoms. The number of imide groups is 1. The van der Waals surface area contributed by atoms with Crippen molar-refractivity contribution in [3.05, 3.63) is 53.8 Å². The number of nitrogens with one attached hydrogen (secondary N) is 1. The third kappa shape index (κ3) is 3.02. The van der Waals surface area contributed by atoms with Crippen LogP contribution < -0.4 is 5.32 Å². The fraction of sp³-hybridized carbons (Fsp3) is 0.238. The van der Waals surface area contributed by atoms with E-state index in [4.69, 9.17) is 0 Å². The predicted molar refractivity (Wildman–Crippen MR) is 109 cm³/mol. The summed E-state index contributed by atoms with van der Waals surface area (Å²) >= 11 is 1.40. The minimum atomic E-state index is -0.486. The highest BCUT2D eigenvalue weighted by Gasteiger charge is 2.47. The minimum absolute atomic E-state index is 0.294. The molecule has 1 aliphatic carbocycles. The number of fused-ring (bicyclic) bond motifs is 2. The van der Waals surface area contributed by atoms with Gasteiger partial charge in [0.1, 0.15) is 23.9 Å². The molecule has 5 rings (SSSR count). The third-order valence-electron chi connectivity index (χ3n) is 5.54. The summed E-state index contributed by atoms with van der Waals surface area (Å²) in [7, 11) is 0. The normalized spacial score (nSPS) is 20.8. The van der Waals surface area contributed by atoms with E-state index in [-0.39, 0.29) is 36.0 Å². The van der Waals surface area contributed by atoms with Crippen LogP contribution in [0.4, 0.5) is 10.2 Å². The molecule has 1 fully saturated rings. The van der Waals surface area contributed by atoms with E-state index in [1.54, 1.807) is 22.7 Å². The van der Waals surface area contributed by atoms with E-state index in [2.05, 4.69) is 10.3 Å². The summed E-state index contributed by atoms with van der Waals surface area (Å²) in [6.07, 6.45) is 6.64. The molecule has 7 nitrogen and oxygen atoms in total. The fourth-order valence-electron chi connectivity index (χ4n) is 4.05. The summed E-state index contributed by atoms with van der Waals surface area (Å²) in [6.45, 7) is -0.342. The smallest absolute Gasteiger partial charge is 0.245 e. The van der Waals surface area contributed by atoms with Gasteiger partial charge in [-0.15, -0.1) is 11.3 Å². The van der Waals surface area contributed by atoms with E-state index in [0.29, 0.717) is 34.9 Å². The second-order valence-corrected chi connectivity index (χ2v) is 8.21. The number of aromatic nitrogens is 2. The van der Waals surface area contributed by atoms with Gasteiger partial charge in [0.25, 0.3) is 0 Å². The number of carbonyl (C=O) groups is 3. The van der Waals surface area contributed by atoms with E-state index >= 15 is 0 Å². The summed E-state index contributed by atoms with van der Waals surface area (Å²) in [5, 5.41) is 4.63. The van der Waals surface area contributed by atoms with Crippen molar-refractivity contribution in [3.63, 3.8) is 0 Å². The quantitative estimate of drug-likeness (QED) is 0.515. The van der Waals surface area contributed by atoms with Crippen molar-refractivity contribution in [1.82, 2.24) is 14.3 Å². The van der Waals surface area contributed by atoms with Gasteiger partial charge in [0.15, 0.2) is 4.96 Å². The predicted octanol–water partition coefficient (Wildman–Crippen LogP) is 3.09. The maximum atomic E-state index is 13.3. The second-order valence-electron chi connectivity index (χ2n) is 7.34. The van der Waals surface area contributed by atoms with Crippen LogP contribution in [0.25, 0.3) is 16.2 Å². The number of thiazole rings is 1. The number of benzene rings is 1. The molecule has 0 radical (unpaired) electrons. The van der Waals surface area contributed by atoms with Crippen LogP contribution in [-0.2, 0) is 14.4 Å². The molecule has 1 aliphatic heterocycles. The molecule has 2 atom stereocenters. The van der Waals surface area contributed by atoms with Gasteiger partial charge < -0.3 is 5.32 Å². The van der Waals surface area contributed by atoms with Gasteiger partial charge in [-0.25, -0.2) is 9.37 Å². The second kappa shape index (κ2) is 7.17. The molecule has 2 aromatic heterocycles. The first kappa shape index (κ1) is 18.7. The average molecular weight is 424 g/mol. The summed E-state index contributed by atoms with van der Waals surface area (Å²) in [5.41, 5.74) is 1.14. The first-order valence-electron chi connectivity index (χ1n) is 9.54. The number of allylic oxidation sites excluding steroid dienone is 2. The largest absolute Gasteiger partial charge is 0.308 e. The Bertz CT molecular complexity index is 1170. The molecule has 152 valence electrons. The van der Waals surface area contributed by atoms with Gasteiger partial charge in [-0.1, -0.05) is 12.2 Å². The molecule has 0 saturated carbocycles. The van der Waals surface area contributed by atoms with Crippen LogP contribution in [0.3, 0.4) is 0 Å². The van der Waals surface area contributed by atoms with E-state index < -0.39 is 5.91 Å². The van der Waals surface area contributed by atoms with E-state index in [1.165, 1.54) is 23.5 Å². The Morgan fingerprint density at radius 2 is 1.80 bits per heavy atom. The van der Waals surface area contributed by atoms with Crippen LogP contribution in [0, 0.1) is 17.7 Å². The van der Waals surface area contributed by atoms with E-state index in [1.807, 2.05) is 17.5 Å². The number of hydrogen-bond acceptors (Lipinski definition) is 5. The zero-order valence-corrected chi connectivity index (χ0v) is 16.6. The van der Waals surface area contributed by atoms with E-state index in [9.17, 15) is 18.8 Å². The molecule has 2 aliphatic rings. The lowest BCUT2D eigenvalue weighted by Gasteiger charge is -2.14. The Morgan fingerprint density at radius 3 is 2.47 bits per heavy atom. The molecule has 30 heavy (non-hydrogen) atoms. The number of carbonyl (C=O) groups excluding carboxylic acids is 3. The monoisotopic (exact) mass is 424 g/mol. The molecule has 0 unspecified atom stereocenters. The lowest BCUT2D eigenvalue weighted by Crippen LogP contribution is -2.38. The van der Waals surface area contributed by atoms with Gasteiger partial charge >= 0.3 is 0 Å². The lowest BCUT2D eigenvalue weighted by molar-refractivity contribution is -0.142. The molecule has 9 heteroatoms. The molecule has 1 aromatic carbocycles. The lowest BCUT2D eigenvalue weighted by atomic mass is 9.85. The van der Waals surface area contributed by atoms with Gasteiger partial charge in [0, 0.05) is 17.1 Å². The summed E-state index contributed by atoms with van der Waals surface area (Å²) < 4.78 is 15.0. The number of imidazole rings is 1. The van der Waals surface area contributed by atoms with Gasteiger partial charge in [-0.2, -0.15) is 0 Å². The Kier molecular flexibility index (Phi) is 4.47. The summed E-state index contributed by atoms with van der Waals surface area (Å²) in [4.78, 5) is 44.3. The van der Waals surface area contributed by atoms with E-state index in [0.717, 1.165) is 4.90 Å². The van der Waals surface area contributed by atoms with Crippen LogP contribution in [0.5, 0.6) is 0 Å². The Labute approximate surface area is 174 Å². The van der Waals surface area contributed by atoms with Crippen LogP contribution in [0.2, 0.25) is 0 Å². The van der Waals surface area contributed by atoms with Crippen molar-refractivity contribution >= 4 is 39.8 Å². The number of halogens is 1. The Hall–Kier alpha value is -3.33. The topological polar surface area (TPSA) is 83.8 Å². The fourth-order valence-corrected chi connectivity index (χ4v) is 4.77. The molecule has 0 bridgehead atoms. The molecule has 3 aromatic rings.